The van der Waals surface area contributed by atoms with Crippen molar-refractivity contribution in [3.63, 3.8) is 0 Å². The summed E-state index contributed by atoms with van der Waals surface area (Å²) in [5.41, 5.74) is 0. The van der Waals surface area contributed by atoms with Gasteiger partial charge in [-0.25, -0.2) is 4.98 Å². The molecule has 3 rings (SSSR count). The Balaban J connectivity index is 1.55. The van der Waals surface area contributed by atoms with Crippen molar-refractivity contribution in [2.75, 3.05) is 31.1 Å². The van der Waals surface area contributed by atoms with E-state index >= 15 is 0 Å². The van der Waals surface area contributed by atoms with Gasteiger partial charge in [0.2, 0.25) is 5.91 Å². The standard InChI is InChI=1S/C15H21ClN4O/c16-13-4-2-7-18-14(13)20-8-5-12(10-20)19-15(21)11-3-1-6-17-9-11/h2,4,7,11-12,17H,1,3,5-6,8-10H2,(H,19,21). The number of carbonyl (C=O) groups is 1. The van der Waals surface area contributed by atoms with Crippen LogP contribution in [0.2, 0.25) is 5.02 Å². The van der Waals surface area contributed by atoms with E-state index in [1.54, 1.807) is 6.20 Å². The number of hydrogen-bond acceptors (Lipinski definition) is 4. The molecule has 0 spiro atoms. The van der Waals surface area contributed by atoms with Gasteiger partial charge in [0.15, 0.2) is 0 Å². The maximum absolute atomic E-state index is 12.3. The van der Waals surface area contributed by atoms with Gasteiger partial charge in [0.25, 0.3) is 0 Å². The second-order valence-corrected chi connectivity index (χ2v) is 6.20. The van der Waals surface area contributed by atoms with E-state index in [4.69, 9.17) is 11.6 Å². The molecule has 21 heavy (non-hydrogen) atoms. The monoisotopic (exact) mass is 308 g/mol. The Hall–Kier alpha value is -1.33. The molecular weight excluding hydrogens is 288 g/mol. The largest absolute Gasteiger partial charge is 0.353 e. The molecule has 2 unspecified atom stereocenters. The van der Waals surface area contributed by atoms with Gasteiger partial charge in [0.1, 0.15) is 5.82 Å². The number of piperidine rings is 1. The third-order valence-corrected chi connectivity index (χ3v) is 4.54. The molecule has 2 N–H and O–H groups in total. The predicted molar refractivity (Wildman–Crippen MR) is 83.6 cm³/mol. The average molecular weight is 309 g/mol. The number of nitrogens with one attached hydrogen (secondary N) is 2. The molecule has 2 aliphatic rings. The second kappa shape index (κ2) is 6.62. The number of nitrogens with zero attached hydrogens (tertiary/aromatic N) is 2. The van der Waals surface area contributed by atoms with Crippen LogP contribution >= 0.6 is 11.6 Å². The fourth-order valence-electron chi connectivity index (χ4n) is 3.08. The number of amides is 1. The number of carbonyl (C=O) groups excluding carboxylic acids is 1. The van der Waals surface area contributed by atoms with Crippen molar-refractivity contribution in [3.8, 4) is 0 Å². The second-order valence-electron chi connectivity index (χ2n) is 5.79. The first-order valence-corrected chi connectivity index (χ1v) is 7.98. The van der Waals surface area contributed by atoms with Gasteiger partial charge in [-0.3, -0.25) is 4.79 Å². The molecule has 0 aromatic carbocycles. The first-order valence-electron chi connectivity index (χ1n) is 7.60. The summed E-state index contributed by atoms with van der Waals surface area (Å²) < 4.78 is 0. The zero-order chi connectivity index (χ0) is 14.7. The van der Waals surface area contributed by atoms with E-state index in [2.05, 4.69) is 20.5 Å². The molecule has 0 saturated carbocycles. The zero-order valence-electron chi connectivity index (χ0n) is 12.0. The zero-order valence-corrected chi connectivity index (χ0v) is 12.8. The van der Waals surface area contributed by atoms with Gasteiger partial charge in [-0.05, 0) is 37.9 Å². The van der Waals surface area contributed by atoms with Gasteiger partial charge in [0.05, 0.1) is 10.9 Å². The number of hydrogen-bond donors (Lipinski definition) is 2. The van der Waals surface area contributed by atoms with Crippen molar-refractivity contribution in [1.29, 1.82) is 0 Å². The number of pyridine rings is 1. The van der Waals surface area contributed by atoms with Crippen LogP contribution in [0.1, 0.15) is 19.3 Å². The summed E-state index contributed by atoms with van der Waals surface area (Å²) in [4.78, 5) is 18.7. The molecule has 1 aromatic rings. The molecule has 0 aliphatic carbocycles. The van der Waals surface area contributed by atoms with Crippen LogP contribution in [0.15, 0.2) is 18.3 Å². The first-order chi connectivity index (χ1) is 10.2. The predicted octanol–water partition coefficient (Wildman–Crippen LogP) is 1.43. The summed E-state index contributed by atoms with van der Waals surface area (Å²) in [7, 11) is 0. The summed E-state index contributed by atoms with van der Waals surface area (Å²) in [6.45, 7) is 3.49. The normalized spacial score (nSPS) is 25.9. The molecule has 2 aliphatic heterocycles. The topological polar surface area (TPSA) is 57.3 Å². The molecule has 1 amide bonds. The summed E-state index contributed by atoms with van der Waals surface area (Å²) >= 11 is 6.18. The Morgan fingerprint density at radius 2 is 2.38 bits per heavy atom. The van der Waals surface area contributed by atoms with Crippen LogP contribution in [0, 0.1) is 5.92 Å². The van der Waals surface area contributed by atoms with Gasteiger partial charge in [-0.1, -0.05) is 11.6 Å². The van der Waals surface area contributed by atoms with Crippen molar-refractivity contribution in [2.24, 2.45) is 5.92 Å². The lowest BCUT2D eigenvalue weighted by Crippen LogP contribution is -2.45. The van der Waals surface area contributed by atoms with Gasteiger partial charge in [-0.15, -0.1) is 0 Å². The summed E-state index contributed by atoms with van der Waals surface area (Å²) in [5.74, 6) is 1.11. The minimum Gasteiger partial charge on any atom is -0.353 e. The third-order valence-electron chi connectivity index (χ3n) is 4.24. The Kier molecular flexibility index (Phi) is 4.60. The highest BCUT2D eigenvalue weighted by atomic mass is 35.5. The Labute approximate surface area is 130 Å². The molecule has 0 bridgehead atoms. The molecule has 6 heteroatoms. The van der Waals surface area contributed by atoms with E-state index in [9.17, 15) is 4.79 Å². The highest BCUT2D eigenvalue weighted by molar-refractivity contribution is 6.32. The minimum atomic E-state index is 0.117. The van der Waals surface area contributed by atoms with Gasteiger partial charge >= 0.3 is 0 Å². The van der Waals surface area contributed by atoms with Crippen LogP contribution in [0.25, 0.3) is 0 Å². The van der Waals surface area contributed by atoms with Crippen molar-refractivity contribution >= 4 is 23.3 Å². The molecule has 1 aromatic heterocycles. The Morgan fingerprint density at radius 3 is 3.14 bits per heavy atom. The van der Waals surface area contributed by atoms with Crippen molar-refractivity contribution in [2.45, 2.75) is 25.3 Å². The maximum Gasteiger partial charge on any atom is 0.224 e. The molecule has 3 heterocycles. The summed E-state index contributed by atoms with van der Waals surface area (Å²) in [6.07, 6.45) is 4.76. The van der Waals surface area contributed by atoms with E-state index in [0.29, 0.717) is 5.02 Å². The maximum atomic E-state index is 12.3. The lowest BCUT2D eigenvalue weighted by atomic mass is 9.98. The number of halogens is 1. The summed E-state index contributed by atoms with van der Waals surface area (Å²) in [6, 6.07) is 3.87. The minimum absolute atomic E-state index is 0.117. The van der Waals surface area contributed by atoms with Crippen LogP contribution in [0.5, 0.6) is 0 Å². The summed E-state index contributed by atoms with van der Waals surface area (Å²) in [5, 5.41) is 7.13. The Bertz CT molecular complexity index is 504. The van der Waals surface area contributed by atoms with E-state index < -0.39 is 0 Å². The van der Waals surface area contributed by atoms with Crippen molar-refractivity contribution < 1.29 is 4.79 Å². The van der Waals surface area contributed by atoms with Crippen molar-refractivity contribution in [1.82, 2.24) is 15.6 Å². The molecule has 5 nitrogen and oxygen atoms in total. The fraction of sp³-hybridized carbons (Fsp3) is 0.600. The fourth-order valence-corrected chi connectivity index (χ4v) is 3.32. The van der Waals surface area contributed by atoms with Crippen LogP contribution in [-0.4, -0.2) is 43.1 Å². The van der Waals surface area contributed by atoms with E-state index in [0.717, 1.165) is 51.3 Å². The van der Waals surface area contributed by atoms with Crippen LogP contribution in [-0.2, 0) is 4.79 Å². The highest BCUT2D eigenvalue weighted by Crippen LogP contribution is 2.26. The lowest BCUT2D eigenvalue weighted by molar-refractivity contribution is -0.126. The average Bonchev–Trinajstić information content (AvgIpc) is 2.97. The molecule has 114 valence electrons. The molecular formula is C15H21ClN4O. The van der Waals surface area contributed by atoms with E-state index in [1.807, 2.05) is 12.1 Å². The van der Waals surface area contributed by atoms with Gasteiger partial charge in [-0.2, -0.15) is 0 Å². The molecule has 2 atom stereocenters. The molecule has 0 radical (unpaired) electrons. The van der Waals surface area contributed by atoms with Crippen LogP contribution in [0.4, 0.5) is 5.82 Å². The Morgan fingerprint density at radius 1 is 1.48 bits per heavy atom. The highest BCUT2D eigenvalue weighted by Gasteiger charge is 2.28. The van der Waals surface area contributed by atoms with Gasteiger partial charge in [0, 0.05) is 31.9 Å². The molecule has 2 saturated heterocycles. The van der Waals surface area contributed by atoms with Crippen LogP contribution < -0.4 is 15.5 Å². The number of rotatable bonds is 3. The number of anilines is 1. The van der Waals surface area contributed by atoms with Crippen LogP contribution in [0.3, 0.4) is 0 Å². The first kappa shape index (κ1) is 14.6. The number of aromatic nitrogens is 1. The van der Waals surface area contributed by atoms with Gasteiger partial charge < -0.3 is 15.5 Å². The lowest BCUT2D eigenvalue weighted by Gasteiger charge is -2.24. The van der Waals surface area contributed by atoms with Crippen molar-refractivity contribution in [3.05, 3.63) is 23.4 Å². The van der Waals surface area contributed by atoms with E-state index in [1.165, 1.54) is 0 Å². The third kappa shape index (κ3) is 3.47. The quantitative estimate of drug-likeness (QED) is 0.887. The molecule has 2 fully saturated rings. The van der Waals surface area contributed by atoms with E-state index in [-0.39, 0.29) is 17.9 Å². The SMILES string of the molecule is O=C(NC1CCN(c2ncccc2Cl)C1)C1CCCNC1. The smallest absolute Gasteiger partial charge is 0.224 e.